The van der Waals surface area contributed by atoms with Crippen LogP contribution in [0.4, 0.5) is 5.69 Å². The predicted molar refractivity (Wildman–Crippen MR) is 96.9 cm³/mol. The van der Waals surface area contributed by atoms with Crippen molar-refractivity contribution in [2.45, 2.75) is 25.8 Å². The lowest BCUT2D eigenvalue weighted by molar-refractivity contribution is -0.384. The molecule has 1 fully saturated rings. The van der Waals surface area contributed by atoms with Crippen LogP contribution in [0, 0.1) is 17.0 Å². The number of nitro groups is 1. The molecule has 130 valence electrons. The highest BCUT2D eigenvalue weighted by Crippen LogP contribution is 2.27. The lowest BCUT2D eigenvalue weighted by atomic mass is 10.1. The van der Waals surface area contributed by atoms with Gasteiger partial charge in [-0.3, -0.25) is 15.1 Å². The molecule has 1 saturated heterocycles. The highest BCUT2D eigenvalue weighted by atomic mass is 32.1. The normalized spacial score (nSPS) is 17.6. The van der Waals surface area contributed by atoms with Crippen LogP contribution in [0.3, 0.4) is 0 Å². The third kappa shape index (κ3) is 3.05. The van der Waals surface area contributed by atoms with Gasteiger partial charge in [0.15, 0.2) is 0 Å². The van der Waals surface area contributed by atoms with Crippen molar-refractivity contribution in [1.29, 1.82) is 0 Å². The van der Waals surface area contributed by atoms with Gasteiger partial charge in [0.25, 0.3) is 5.69 Å². The SMILES string of the molecule is Cc1c(-c2ccc([N+](=O)[O-])cc2)sc2c1=CN(C1CCOCC1)CN=2. The Balaban J connectivity index is 1.69. The summed E-state index contributed by atoms with van der Waals surface area (Å²) in [4.78, 5) is 18.7. The molecule has 2 aliphatic rings. The van der Waals surface area contributed by atoms with Gasteiger partial charge in [-0.15, -0.1) is 11.3 Å². The van der Waals surface area contributed by atoms with Crippen LogP contribution in [0.1, 0.15) is 18.4 Å². The molecule has 0 aliphatic carbocycles. The van der Waals surface area contributed by atoms with Gasteiger partial charge in [-0.05, 0) is 43.0 Å². The predicted octanol–water partition coefficient (Wildman–Crippen LogP) is 2.44. The zero-order valence-corrected chi connectivity index (χ0v) is 14.8. The Bertz CT molecular complexity index is 914. The molecule has 25 heavy (non-hydrogen) atoms. The number of nitrogens with zero attached hydrogens (tertiary/aromatic N) is 3. The second-order valence-electron chi connectivity index (χ2n) is 6.37. The summed E-state index contributed by atoms with van der Waals surface area (Å²) >= 11 is 1.66. The molecular weight excluding hydrogens is 338 g/mol. The van der Waals surface area contributed by atoms with Gasteiger partial charge in [0.2, 0.25) is 0 Å². The maximum absolute atomic E-state index is 10.8. The summed E-state index contributed by atoms with van der Waals surface area (Å²) in [5.74, 6) is 0. The van der Waals surface area contributed by atoms with Gasteiger partial charge in [0.1, 0.15) is 11.3 Å². The van der Waals surface area contributed by atoms with Gasteiger partial charge in [-0.2, -0.15) is 0 Å². The minimum atomic E-state index is -0.370. The Labute approximate surface area is 149 Å². The molecule has 0 bridgehead atoms. The summed E-state index contributed by atoms with van der Waals surface area (Å²) in [6, 6.07) is 7.25. The molecule has 7 heteroatoms. The van der Waals surface area contributed by atoms with E-state index < -0.39 is 0 Å². The largest absolute Gasteiger partial charge is 0.381 e. The molecule has 0 radical (unpaired) electrons. The van der Waals surface area contributed by atoms with E-state index in [1.54, 1.807) is 23.5 Å². The van der Waals surface area contributed by atoms with E-state index in [-0.39, 0.29) is 10.6 Å². The number of hydrogen-bond acceptors (Lipinski definition) is 6. The van der Waals surface area contributed by atoms with Crippen LogP contribution >= 0.6 is 11.3 Å². The number of thiophene rings is 1. The van der Waals surface area contributed by atoms with Gasteiger partial charge in [0, 0.05) is 47.7 Å². The van der Waals surface area contributed by atoms with Crippen LogP contribution in [0.25, 0.3) is 16.6 Å². The number of benzene rings is 1. The van der Waals surface area contributed by atoms with E-state index in [1.807, 2.05) is 12.1 Å². The summed E-state index contributed by atoms with van der Waals surface area (Å²) < 4.78 is 6.51. The van der Waals surface area contributed by atoms with Crippen molar-refractivity contribution in [3.63, 3.8) is 0 Å². The van der Waals surface area contributed by atoms with E-state index in [4.69, 9.17) is 9.73 Å². The van der Waals surface area contributed by atoms with Gasteiger partial charge < -0.3 is 9.64 Å². The zero-order valence-electron chi connectivity index (χ0n) is 14.0. The third-order valence-corrected chi connectivity index (χ3v) is 6.13. The maximum atomic E-state index is 10.8. The van der Waals surface area contributed by atoms with Crippen LogP contribution in [0.2, 0.25) is 0 Å². The molecule has 0 N–H and O–H groups in total. The smallest absolute Gasteiger partial charge is 0.269 e. The Morgan fingerprint density at radius 3 is 2.68 bits per heavy atom. The van der Waals surface area contributed by atoms with Crippen molar-refractivity contribution in [2.75, 3.05) is 19.9 Å². The summed E-state index contributed by atoms with van der Waals surface area (Å²) in [5, 5.41) is 12.0. The standard InChI is InChI=1S/C18H19N3O3S/c1-12-16-10-20(14-6-8-24-9-7-14)11-19-18(16)25-17(12)13-2-4-15(5-3-13)21(22)23/h2-5,10,14H,6-9,11H2,1H3. The summed E-state index contributed by atoms with van der Waals surface area (Å²) in [6.07, 6.45) is 4.32. The van der Waals surface area contributed by atoms with Crippen LogP contribution in [-0.4, -0.2) is 35.7 Å². The Morgan fingerprint density at radius 1 is 1.28 bits per heavy atom. The summed E-state index contributed by atoms with van der Waals surface area (Å²) in [7, 11) is 0. The van der Waals surface area contributed by atoms with E-state index in [1.165, 1.54) is 10.8 Å². The zero-order chi connectivity index (χ0) is 17.4. The fourth-order valence-corrected chi connectivity index (χ4v) is 4.53. The number of non-ortho nitro benzene ring substituents is 1. The minimum absolute atomic E-state index is 0.115. The molecule has 0 atom stereocenters. The van der Waals surface area contributed by atoms with Crippen LogP contribution in [-0.2, 0) is 4.74 Å². The molecule has 2 aliphatic heterocycles. The molecule has 0 saturated carbocycles. The average Bonchev–Trinajstić information content (AvgIpc) is 2.99. The minimum Gasteiger partial charge on any atom is -0.381 e. The molecule has 6 nitrogen and oxygen atoms in total. The fraction of sp³-hybridized carbons (Fsp3) is 0.389. The van der Waals surface area contributed by atoms with Gasteiger partial charge >= 0.3 is 0 Å². The van der Waals surface area contributed by atoms with E-state index in [9.17, 15) is 10.1 Å². The number of fused-ring (bicyclic) bond motifs is 1. The van der Waals surface area contributed by atoms with Crippen LogP contribution in [0.15, 0.2) is 29.3 Å². The second kappa shape index (κ2) is 6.57. The number of ether oxygens (including phenoxy) is 1. The fourth-order valence-electron chi connectivity index (χ4n) is 3.38. The van der Waals surface area contributed by atoms with Crippen molar-refractivity contribution in [2.24, 2.45) is 4.99 Å². The van der Waals surface area contributed by atoms with Crippen molar-refractivity contribution >= 4 is 23.2 Å². The van der Waals surface area contributed by atoms with Gasteiger partial charge in [-0.1, -0.05) is 0 Å². The molecule has 1 aromatic carbocycles. The lowest BCUT2D eigenvalue weighted by Gasteiger charge is -2.33. The number of rotatable bonds is 3. The van der Waals surface area contributed by atoms with Crippen molar-refractivity contribution < 1.29 is 9.66 Å². The first-order chi connectivity index (χ1) is 12.1. The third-order valence-electron chi connectivity index (χ3n) is 4.85. The molecule has 1 aromatic heterocycles. The maximum Gasteiger partial charge on any atom is 0.269 e. The van der Waals surface area contributed by atoms with Crippen molar-refractivity contribution in [3.05, 3.63) is 49.8 Å². The average molecular weight is 357 g/mol. The second-order valence-corrected chi connectivity index (χ2v) is 7.36. The molecule has 0 spiro atoms. The highest BCUT2D eigenvalue weighted by molar-refractivity contribution is 7.13. The van der Waals surface area contributed by atoms with E-state index in [0.717, 1.165) is 41.2 Å². The number of hydrogen-bond donors (Lipinski definition) is 0. The van der Waals surface area contributed by atoms with Gasteiger partial charge in [0.05, 0.1) is 4.92 Å². The first-order valence-corrected chi connectivity index (χ1v) is 9.19. The lowest BCUT2D eigenvalue weighted by Crippen LogP contribution is -2.42. The number of nitro benzene ring substituents is 1. The van der Waals surface area contributed by atoms with Crippen molar-refractivity contribution in [3.8, 4) is 10.4 Å². The molecule has 0 amide bonds. The Hall–Kier alpha value is -2.25. The van der Waals surface area contributed by atoms with Crippen LogP contribution < -0.4 is 9.89 Å². The molecule has 4 rings (SSSR count). The summed E-state index contributed by atoms with van der Waals surface area (Å²) in [6.45, 7) is 4.43. The first kappa shape index (κ1) is 16.2. The first-order valence-electron chi connectivity index (χ1n) is 8.37. The van der Waals surface area contributed by atoms with Crippen LogP contribution in [0.5, 0.6) is 0 Å². The molecular formula is C18H19N3O3S. The molecule has 0 unspecified atom stereocenters. The van der Waals surface area contributed by atoms with Gasteiger partial charge in [-0.25, -0.2) is 0 Å². The van der Waals surface area contributed by atoms with Crippen molar-refractivity contribution in [1.82, 2.24) is 4.90 Å². The summed E-state index contributed by atoms with van der Waals surface area (Å²) in [5.41, 5.74) is 2.31. The quantitative estimate of drug-likeness (QED) is 0.625. The topological polar surface area (TPSA) is 68.0 Å². The Kier molecular flexibility index (Phi) is 4.27. The molecule has 3 heterocycles. The van der Waals surface area contributed by atoms with E-state index in [2.05, 4.69) is 18.0 Å². The highest BCUT2D eigenvalue weighted by Gasteiger charge is 2.21. The monoisotopic (exact) mass is 357 g/mol. The van der Waals surface area contributed by atoms with E-state index >= 15 is 0 Å². The molecule has 2 aromatic rings. The van der Waals surface area contributed by atoms with E-state index in [0.29, 0.717) is 12.7 Å². The Morgan fingerprint density at radius 2 is 2.00 bits per heavy atom.